The Bertz CT molecular complexity index is 828. The van der Waals surface area contributed by atoms with Crippen molar-refractivity contribution in [3.05, 3.63) is 78.0 Å². The van der Waals surface area contributed by atoms with E-state index >= 15 is 0 Å². The van der Waals surface area contributed by atoms with Gasteiger partial charge in [0.1, 0.15) is 5.69 Å². The van der Waals surface area contributed by atoms with Gasteiger partial charge in [-0.15, -0.1) is 6.58 Å². The van der Waals surface area contributed by atoms with Gasteiger partial charge in [0.05, 0.1) is 12.1 Å². The molecule has 3 aromatic rings. The van der Waals surface area contributed by atoms with Gasteiger partial charge in [0.25, 0.3) is 0 Å². The first-order chi connectivity index (χ1) is 10.7. The predicted molar refractivity (Wildman–Crippen MR) is 89.2 cm³/mol. The maximum atomic E-state index is 12.8. The quantitative estimate of drug-likeness (QED) is 0.525. The summed E-state index contributed by atoms with van der Waals surface area (Å²) in [6.45, 7) is 6.43. The highest BCUT2D eigenvalue weighted by atomic mass is 16.1. The molecule has 0 radical (unpaired) electrons. The molecule has 3 nitrogen and oxygen atoms in total. The van der Waals surface area contributed by atoms with Crippen molar-refractivity contribution in [1.29, 1.82) is 0 Å². The zero-order chi connectivity index (χ0) is 15.5. The summed E-state index contributed by atoms with van der Waals surface area (Å²) in [4.78, 5) is 12.8. The molecule has 0 fully saturated rings. The summed E-state index contributed by atoms with van der Waals surface area (Å²) in [5.41, 5.74) is 3.35. The van der Waals surface area contributed by atoms with Crippen LogP contribution in [0.4, 0.5) is 0 Å². The van der Waals surface area contributed by atoms with Gasteiger partial charge in [-0.25, -0.2) is 0 Å². The molecule has 110 valence electrons. The third-order valence-electron chi connectivity index (χ3n) is 3.80. The number of hydrogen-bond donors (Lipinski definition) is 0. The summed E-state index contributed by atoms with van der Waals surface area (Å²) in [6, 6.07) is 15.5. The van der Waals surface area contributed by atoms with Crippen molar-refractivity contribution >= 4 is 16.7 Å². The summed E-state index contributed by atoms with van der Waals surface area (Å²) in [6.07, 6.45) is 2.75. The van der Waals surface area contributed by atoms with Gasteiger partial charge in [-0.1, -0.05) is 55.5 Å². The number of ketones is 1. The minimum Gasteiger partial charge on any atom is -0.287 e. The van der Waals surface area contributed by atoms with Crippen molar-refractivity contribution < 1.29 is 4.79 Å². The molecule has 3 heteroatoms. The Morgan fingerprint density at radius 3 is 2.59 bits per heavy atom. The molecular weight excluding hydrogens is 272 g/mol. The van der Waals surface area contributed by atoms with Crippen LogP contribution < -0.4 is 0 Å². The number of fused-ring (bicyclic) bond motifs is 1. The minimum absolute atomic E-state index is 0.0401. The Morgan fingerprint density at radius 1 is 1.18 bits per heavy atom. The van der Waals surface area contributed by atoms with E-state index < -0.39 is 0 Å². The lowest BCUT2D eigenvalue weighted by Gasteiger charge is -2.00. The molecule has 0 aliphatic rings. The van der Waals surface area contributed by atoms with Crippen LogP contribution in [0.15, 0.2) is 61.2 Å². The Balaban J connectivity index is 2.08. The largest absolute Gasteiger partial charge is 0.287 e. The molecule has 0 atom stereocenters. The average Bonchev–Trinajstić information content (AvgIpc) is 2.94. The number of hydrogen-bond acceptors (Lipinski definition) is 2. The second-order valence-corrected chi connectivity index (χ2v) is 5.22. The second kappa shape index (κ2) is 5.98. The number of rotatable bonds is 5. The van der Waals surface area contributed by atoms with Gasteiger partial charge in [-0.05, 0) is 18.1 Å². The Hall–Kier alpha value is -2.68. The van der Waals surface area contributed by atoms with E-state index in [0.717, 1.165) is 17.3 Å². The standard InChI is InChI=1S/C19H18N2O/c1-3-13-21-17-8-6-5-7-16(17)18(20-21)19(22)15-11-9-14(4-2)10-12-15/h3,5-12H,1,4,13H2,2H3. The molecule has 0 unspecified atom stereocenters. The van der Waals surface area contributed by atoms with Gasteiger partial charge < -0.3 is 0 Å². The zero-order valence-electron chi connectivity index (χ0n) is 12.6. The van der Waals surface area contributed by atoms with E-state index in [1.54, 1.807) is 6.08 Å². The fraction of sp³-hybridized carbons (Fsp3) is 0.158. The normalized spacial score (nSPS) is 10.8. The van der Waals surface area contributed by atoms with Crippen LogP contribution in [0.2, 0.25) is 0 Å². The van der Waals surface area contributed by atoms with Gasteiger partial charge in [-0.2, -0.15) is 5.10 Å². The Labute approximate surface area is 129 Å². The maximum Gasteiger partial charge on any atom is 0.213 e. The molecule has 1 aromatic heterocycles. The molecule has 0 saturated carbocycles. The van der Waals surface area contributed by atoms with E-state index in [0.29, 0.717) is 17.8 Å². The van der Waals surface area contributed by atoms with Crippen LogP contribution in [-0.4, -0.2) is 15.6 Å². The number of para-hydroxylation sites is 1. The average molecular weight is 290 g/mol. The van der Waals surface area contributed by atoms with E-state index in [2.05, 4.69) is 18.6 Å². The molecule has 0 amide bonds. The van der Waals surface area contributed by atoms with Crippen molar-refractivity contribution in [2.45, 2.75) is 19.9 Å². The van der Waals surface area contributed by atoms with Crippen LogP contribution in [0.5, 0.6) is 0 Å². The molecule has 3 rings (SSSR count). The SMILES string of the molecule is C=CCn1nc(C(=O)c2ccc(CC)cc2)c2ccccc21. The van der Waals surface area contributed by atoms with E-state index in [1.165, 1.54) is 5.56 Å². The zero-order valence-corrected chi connectivity index (χ0v) is 12.6. The van der Waals surface area contributed by atoms with Crippen LogP contribution in [0.1, 0.15) is 28.5 Å². The van der Waals surface area contributed by atoms with Crippen LogP contribution in [0, 0.1) is 0 Å². The minimum atomic E-state index is -0.0401. The van der Waals surface area contributed by atoms with Gasteiger partial charge in [-0.3, -0.25) is 9.48 Å². The summed E-state index contributed by atoms with van der Waals surface area (Å²) >= 11 is 0. The fourth-order valence-electron chi connectivity index (χ4n) is 2.59. The van der Waals surface area contributed by atoms with Gasteiger partial charge in [0, 0.05) is 10.9 Å². The summed E-state index contributed by atoms with van der Waals surface area (Å²) < 4.78 is 1.82. The molecule has 0 saturated heterocycles. The third kappa shape index (κ3) is 2.46. The van der Waals surface area contributed by atoms with Crippen molar-refractivity contribution in [2.24, 2.45) is 0 Å². The number of aromatic nitrogens is 2. The number of allylic oxidation sites excluding steroid dienone is 1. The molecule has 1 heterocycles. The molecular formula is C19H18N2O. The lowest BCUT2D eigenvalue weighted by atomic mass is 10.0. The highest BCUT2D eigenvalue weighted by molar-refractivity contribution is 6.14. The van der Waals surface area contributed by atoms with Crippen molar-refractivity contribution in [3.8, 4) is 0 Å². The van der Waals surface area contributed by atoms with Crippen LogP contribution >= 0.6 is 0 Å². The van der Waals surface area contributed by atoms with E-state index in [9.17, 15) is 4.79 Å². The van der Waals surface area contributed by atoms with Gasteiger partial charge >= 0.3 is 0 Å². The van der Waals surface area contributed by atoms with Gasteiger partial charge in [0.2, 0.25) is 5.78 Å². The molecule has 2 aromatic carbocycles. The molecule has 0 aliphatic heterocycles. The smallest absolute Gasteiger partial charge is 0.213 e. The van der Waals surface area contributed by atoms with Crippen LogP contribution in [0.3, 0.4) is 0 Å². The molecule has 0 aliphatic carbocycles. The Kier molecular flexibility index (Phi) is 3.88. The van der Waals surface area contributed by atoms with E-state index in [4.69, 9.17) is 0 Å². The van der Waals surface area contributed by atoms with Crippen LogP contribution in [-0.2, 0) is 13.0 Å². The lowest BCUT2D eigenvalue weighted by Crippen LogP contribution is -2.05. The molecule has 0 spiro atoms. The monoisotopic (exact) mass is 290 g/mol. The lowest BCUT2D eigenvalue weighted by molar-refractivity contribution is 0.103. The number of carbonyl (C=O) groups excluding carboxylic acids is 1. The highest BCUT2D eigenvalue weighted by Crippen LogP contribution is 2.21. The van der Waals surface area contributed by atoms with Crippen LogP contribution in [0.25, 0.3) is 10.9 Å². The van der Waals surface area contributed by atoms with E-state index in [-0.39, 0.29) is 5.78 Å². The highest BCUT2D eigenvalue weighted by Gasteiger charge is 2.18. The van der Waals surface area contributed by atoms with Gasteiger partial charge in [0.15, 0.2) is 0 Å². The fourth-order valence-corrected chi connectivity index (χ4v) is 2.59. The molecule has 0 bridgehead atoms. The first-order valence-electron chi connectivity index (χ1n) is 7.44. The topological polar surface area (TPSA) is 34.9 Å². The summed E-state index contributed by atoms with van der Waals surface area (Å²) in [5.74, 6) is -0.0401. The van der Waals surface area contributed by atoms with Crippen molar-refractivity contribution in [2.75, 3.05) is 0 Å². The third-order valence-corrected chi connectivity index (χ3v) is 3.80. The second-order valence-electron chi connectivity index (χ2n) is 5.22. The predicted octanol–water partition coefficient (Wildman–Crippen LogP) is 4.02. The Morgan fingerprint density at radius 2 is 1.91 bits per heavy atom. The van der Waals surface area contributed by atoms with Crippen molar-refractivity contribution in [3.63, 3.8) is 0 Å². The van der Waals surface area contributed by atoms with E-state index in [1.807, 2.05) is 53.2 Å². The number of benzene rings is 2. The molecule has 22 heavy (non-hydrogen) atoms. The first kappa shape index (κ1) is 14.3. The number of nitrogens with zero attached hydrogens (tertiary/aromatic N) is 2. The van der Waals surface area contributed by atoms with Crippen molar-refractivity contribution in [1.82, 2.24) is 9.78 Å². The summed E-state index contributed by atoms with van der Waals surface area (Å²) in [7, 11) is 0. The summed E-state index contributed by atoms with van der Waals surface area (Å²) in [5, 5.41) is 5.38. The number of aryl methyl sites for hydroxylation is 1. The number of carbonyl (C=O) groups is 1. The molecule has 0 N–H and O–H groups in total. The maximum absolute atomic E-state index is 12.8. The first-order valence-corrected chi connectivity index (χ1v) is 7.44.